The highest BCUT2D eigenvalue weighted by Crippen LogP contribution is 2.12. The Labute approximate surface area is 107 Å². The van der Waals surface area contributed by atoms with E-state index in [9.17, 15) is 0 Å². The van der Waals surface area contributed by atoms with Crippen molar-refractivity contribution in [2.45, 2.75) is 12.8 Å². The minimum Gasteiger partial charge on any atom is -0.493 e. The smallest absolute Gasteiger partial charge is 0.119 e. The largest absolute Gasteiger partial charge is 0.493 e. The summed E-state index contributed by atoms with van der Waals surface area (Å²) in [5, 5.41) is 8.57. The van der Waals surface area contributed by atoms with Crippen LogP contribution in [-0.2, 0) is 12.8 Å². The van der Waals surface area contributed by atoms with Crippen molar-refractivity contribution >= 4 is 0 Å². The molecule has 0 saturated heterocycles. The van der Waals surface area contributed by atoms with Gasteiger partial charge in [0.15, 0.2) is 0 Å². The number of rotatable bonds is 5. The SMILES string of the molecule is N#CCc1ccc(OCCc2cccnc2)cc1. The average molecular weight is 238 g/mol. The Bertz CT molecular complexity index is 514. The summed E-state index contributed by atoms with van der Waals surface area (Å²) in [7, 11) is 0. The molecule has 0 N–H and O–H groups in total. The fourth-order valence-corrected chi connectivity index (χ4v) is 1.63. The zero-order valence-electron chi connectivity index (χ0n) is 10.0. The van der Waals surface area contributed by atoms with Gasteiger partial charge in [-0.05, 0) is 29.3 Å². The van der Waals surface area contributed by atoms with E-state index in [2.05, 4.69) is 11.1 Å². The molecule has 0 aliphatic rings. The lowest BCUT2D eigenvalue weighted by molar-refractivity contribution is 0.322. The van der Waals surface area contributed by atoms with E-state index < -0.39 is 0 Å². The van der Waals surface area contributed by atoms with Gasteiger partial charge in [0, 0.05) is 18.8 Å². The lowest BCUT2D eigenvalue weighted by Crippen LogP contribution is -2.01. The monoisotopic (exact) mass is 238 g/mol. The number of nitriles is 1. The summed E-state index contributed by atoms with van der Waals surface area (Å²) < 4.78 is 5.63. The maximum Gasteiger partial charge on any atom is 0.119 e. The third-order valence-corrected chi connectivity index (χ3v) is 2.59. The first-order valence-electron chi connectivity index (χ1n) is 5.86. The Balaban J connectivity index is 1.82. The lowest BCUT2D eigenvalue weighted by Gasteiger charge is -2.06. The van der Waals surface area contributed by atoms with Gasteiger partial charge in [0.2, 0.25) is 0 Å². The van der Waals surface area contributed by atoms with Crippen molar-refractivity contribution in [1.82, 2.24) is 4.98 Å². The number of pyridine rings is 1. The van der Waals surface area contributed by atoms with Crippen LogP contribution in [0, 0.1) is 11.3 Å². The van der Waals surface area contributed by atoms with Gasteiger partial charge in [0.05, 0.1) is 19.1 Å². The highest BCUT2D eigenvalue weighted by molar-refractivity contribution is 5.28. The van der Waals surface area contributed by atoms with Crippen LogP contribution in [0.5, 0.6) is 5.75 Å². The lowest BCUT2D eigenvalue weighted by atomic mass is 10.2. The van der Waals surface area contributed by atoms with E-state index in [0.29, 0.717) is 13.0 Å². The third kappa shape index (κ3) is 3.60. The number of nitrogens with zero attached hydrogens (tertiary/aromatic N) is 2. The Kier molecular flexibility index (Phi) is 4.32. The second-order valence-electron chi connectivity index (χ2n) is 3.94. The summed E-state index contributed by atoms with van der Waals surface area (Å²) >= 11 is 0. The van der Waals surface area contributed by atoms with Gasteiger partial charge < -0.3 is 4.74 Å². The number of hydrogen-bond acceptors (Lipinski definition) is 3. The van der Waals surface area contributed by atoms with E-state index in [1.807, 2.05) is 42.6 Å². The molecule has 0 unspecified atom stereocenters. The molecule has 0 amide bonds. The Hall–Kier alpha value is -2.34. The summed E-state index contributed by atoms with van der Waals surface area (Å²) in [6, 6.07) is 13.7. The summed E-state index contributed by atoms with van der Waals surface area (Å²) in [5.41, 5.74) is 2.18. The van der Waals surface area contributed by atoms with Crippen molar-refractivity contribution in [1.29, 1.82) is 5.26 Å². The molecule has 0 radical (unpaired) electrons. The predicted octanol–water partition coefficient (Wildman–Crippen LogP) is 2.77. The van der Waals surface area contributed by atoms with Gasteiger partial charge in [0.1, 0.15) is 5.75 Å². The molecule has 2 aromatic rings. The molecule has 0 bridgehead atoms. The quantitative estimate of drug-likeness (QED) is 0.804. The molecular formula is C15H14N2O. The van der Waals surface area contributed by atoms with E-state index in [-0.39, 0.29) is 0 Å². The Morgan fingerprint density at radius 2 is 1.94 bits per heavy atom. The first-order chi connectivity index (χ1) is 8.88. The standard InChI is InChI=1S/C15H14N2O/c16-9-7-13-3-5-15(6-4-13)18-11-8-14-2-1-10-17-12-14/h1-6,10,12H,7-8,11H2. The molecule has 3 nitrogen and oxygen atoms in total. The molecule has 0 atom stereocenters. The molecule has 0 saturated carbocycles. The van der Waals surface area contributed by atoms with Crippen LogP contribution in [-0.4, -0.2) is 11.6 Å². The van der Waals surface area contributed by atoms with Gasteiger partial charge in [-0.25, -0.2) is 0 Å². The highest BCUT2D eigenvalue weighted by atomic mass is 16.5. The van der Waals surface area contributed by atoms with Crippen molar-refractivity contribution in [2.24, 2.45) is 0 Å². The maximum absolute atomic E-state index is 8.57. The molecule has 1 aromatic carbocycles. The van der Waals surface area contributed by atoms with Gasteiger partial charge in [-0.3, -0.25) is 4.98 Å². The zero-order chi connectivity index (χ0) is 12.6. The summed E-state index contributed by atoms with van der Waals surface area (Å²) in [6.07, 6.45) is 4.89. The van der Waals surface area contributed by atoms with Gasteiger partial charge in [0.25, 0.3) is 0 Å². The van der Waals surface area contributed by atoms with E-state index in [1.54, 1.807) is 6.20 Å². The van der Waals surface area contributed by atoms with E-state index in [0.717, 1.165) is 17.7 Å². The fourth-order valence-electron chi connectivity index (χ4n) is 1.63. The third-order valence-electron chi connectivity index (χ3n) is 2.59. The van der Waals surface area contributed by atoms with Gasteiger partial charge >= 0.3 is 0 Å². The predicted molar refractivity (Wildman–Crippen MR) is 69.2 cm³/mol. The topological polar surface area (TPSA) is 45.9 Å². The molecule has 0 spiro atoms. The normalized spacial score (nSPS) is 9.72. The van der Waals surface area contributed by atoms with Gasteiger partial charge in [-0.2, -0.15) is 5.26 Å². The van der Waals surface area contributed by atoms with Gasteiger partial charge in [-0.1, -0.05) is 18.2 Å². The minimum atomic E-state index is 0.440. The molecule has 1 aromatic heterocycles. The molecule has 18 heavy (non-hydrogen) atoms. The molecule has 3 heteroatoms. The van der Waals surface area contributed by atoms with Gasteiger partial charge in [-0.15, -0.1) is 0 Å². The van der Waals surface area contributed by atoms with Crippen molar-refractivity contribution < 1.29 is 4.74 Å². The summed E-state index contributed by atoms with van der Waals surface area (Å²) in [5.74, 6) is 0.834. The van der Waals surface area contributed by atoms with Crippen LogP contribution in [0.25, 0.3) is 0 Å². The van der Waals surface area contributed by atoms with Crippen LogP contribution >= 0.6 is 0 Å². The van der Waals surface area contributed by atoms with Crippen LogP contribution in [0.3, 0.4) is 0 Å². The summed E-state index contributed by atoms with van der Waals surface area (Å²) in [4.78, 5) is 4.06. The second-order valence-corrected chi connectivity index (χ2v) is 3.94. The highest BCUT2D eigenvalue weighted by Gasteiger charge is 1.96. The average Bonchev–Trinajstić information content (AvgIpc) is 2.42. The van der Waals surface area contributed by atoms with Crippen LogP contribution < -0.4 is 4.74 Å². The fraction of sp³-hybridized carbons (Fsp3) is 0.200. The maximum atomic E-state index is 8.57. The molecular weight excluding hydrogens is 224 g/mol. The number of benzene rings is 1. The van der Waals surface area contributed by atoms with Crippen molar-refractivity contribution in [3.05, 3.63) is 59.9 Å². The Morgan fingerprint density at radius 3 is 2.61 bits per heavy atom. The minimum absolute atomic E-state index is 0.440. The van der Waals surface area contributed by atoms with Crippen LogP contribution in [0.1, 0.15) is 11.1 Å². The van der Waals surface area contributed by atoms with Crippen LogP contribution in [0.15, 0.2) is 48.8 Å². The molecule has 1 heterocycles. The van der Waals surface area contributed by atoms with E-state index in [4.69, 9.17) is 10.00 Å². The zero-order valence-corrected chi connectivity index (χ0v) is 10.0. The molecule has 0 aliphatic heterocycles. The van der Waals surface area contributed by atoms with Crippen LogP contribution in [0.4, 0.5) is 0 Å². The van der Waals surface area contributed by atoms with E-state index >= 15 is 0 Å². The van der Waals surface area contributed by atoms with Crippen molar-refractivity contribution in [3.8, 4) is 11.8 Å². The Morgan fingerprint density at radius 1 is 1.11 bits per heavy atom. The molecule has 0 aliphatic carbocycles. The number of aromatic nitrogens is 1. The second kappa shape index (κ2) is 6.41. The number of ether oxygens (including phenoxy) is 1. The number of hydrogen-bond donors (Lipinski definition) is 0. The van der Waals surface area contributed by atoms with E-state index in [1.165, 1.54) is 5.56 Å². The summed E-state index contributed by atoms with van der Waals surface area (Å²) in [6.45, 7) is 0.628. The first kappa shape index (κ1) is 12.1. The van der Waals surface area contributed by atoms with Crippen molar-refractivity contribution in [2.75, 3.05) is 6.61 Å². The van der Waals surface area contributed by atoms with Crippen LogP contribution in [0.2, 0.25) is 0 Å². The molecule has 0 fully saturated rings. The molecule has 2 rings (SSSR count). The van der Waals surface area contributed by atoms with Crippen molar-refractivity contribution in [3.63, 3.8) is 0 Å². The molecule has 90 valence electrons. The first-order valence-corrected chi connectivity index (χ1v) is 5.86.